The van der Waals surface area contributed by atoms with Gasteiger partial charge in [-0.25, -0.2) is 4.98 Å². The molecule has 106 valence electrons. The average molecular weight is 288 g/mol. The third-order valence-corrected chi connectivity index (χ3v) is 3.28. The Morgan fingerprint density at radius 3 is 2.24 bits per heavy atom. The molecular formula is C16H11F3N2. The molecule has 3 rings (SSSR count). The first-order valence-corrected chi connectivity index (χ1v) is 6.28. The SMILES string of the molecule is Nc1nc(-c2ccc(C(F)(F)F)cc2)cc2ccccc12. The van der Waals surface area contributed by atoms with Gasteiger partial charge < -0.3 is 5.73 Å². The van der Waals surface area contributed by atoms with Crippen molar-refractivity contribution >= 4 is 16.6 Å². The summed E-state index contributed by atoms with van der Waals surface area (Å²) in [5.74, 6) is 0.364. The van der Waals surface area contributed by atoms with Crippen LogP contribution in [0.25, 0.3) is 22.0 Å². The number of aromatic nitrogens is 1. The van der Waals surface area contributed by atoms with Crippen molar-refractivity contribution in [2.75, 3.05) is 5.73 Å². The van der Waals surface area contributed by atoms with Crippen molar-refractivity contribution in [1.29, 1.82) is 0 Å². The van der Waals surface area contributed by atoms with Crippen LogP contribution in [0.3, 0.4) is 0 Å². The van der Waals surface area contributed by atoms with Gasteiger partial charge in [0.05, 0.1) is 11.3 Å². The van der Waals surface area contributed by atoms with E-state index < -0.39 is 11.7 Å². The molecule has 3 aromatic rings. The van der Waals surface area contributed by atoms with Crippen molar-refractivity contribution in [2.45, 2.75) is 6.18 Å². The highest BCUT2D eigenvalue weighted by Gasteiger charge is 2.30. The number of rotatable bonds is 1. The van der Waals surface area contributed by atoms with E-state index in [4.69, 9.17) is 5.73 Å². The maximum absolute atomic E-state index is 12.6. The molecule has 0 fully saturated rings. The summed E-state index contributed by atoms with van der Waals surface area (Å²) in [6.45, 7) is 0. The molecule has 0 unspecified atom stereocenters. The van der Waals surface area contributed by atoms with Gasteiger partial charge >= 0.3 is 6.18 Å². The second kappa shape index (κ2) is 4.77. The largest absolute Gasteiger partial charge is 0.416 e. The molecule has 1 heterocycles. The lowest BCUT2D eigenvalue weighted by molar-refractivity contribution is -0.137. The average Bonchev–Trinajstić information content (AvgIpc) is 2.46. The van der Waals surface area contributed by atoms with Crippen LogP contribution in [-0.4, -0.2) is 4.98 Å². The van der Waals surface area contributed by atoms with E-state index in [9.17, 15) is 13.2 Å². The highest BCUT2D eigenvalue weighted by Crippen LogP contribution is 2.31. The van der Waals surface area contributed by atoms with Crippen LogP contribution in [0.2, 0.25) is 0 Å². The summed E-state index contributed by atoms with van der Waals surface area (Å²) in [6.07, 6.45) is -4.34. The van der Waals surface area contributed by atoms with Gasteiger partial charge in [0.15, 0.2) is 0 Å². The van der Waals surface area contributed by atoms with Crippen molar-refractivity contribution < 1.29 is 13.2 Å². The lowest BCUT2D eigenvalue weighted by Gasteiger charge is -2.09. The van der Waals surface area contributed by atoms with Gasteiger partial charge in [-0.2, -0.15) is 13.2 Å². The zero-order valence-electron chi connectivity index (χ0n) is 10.9. The lowest BCUT2D eigenvalue weighted by Crippen LogP contribution is -2.04. The predicted octanol–water partition coefficient (Wildman–Crippen LogP) is 4.50. The molecule has 5 heteroatoms. The molecule has 0 bridgehead atoms. The Hall–Kier alpha value is -2.56. The highest BCUT2D eigenvalue weighted by molar-refractivity contribution is 5.93. The topological polar surface area (TPSA) is 38.9 Å². The first kappa shape index (κ1) is 13.4. The van der Waals surface area contributed by atoms with Crippen LogP contribution in [0.15, 0.2) is 54.6 Å². The minimum atomic E-state index is -4.34. The molecule has 0 spiro atoms. The quantitative estimate of drug-likeness (QED) is 0.716. The van der Waals surface area contributed by atoms with Gasteiger partial charge in [-0.1, -0.05) is 36.4 Å². The Bertz CT molecular complexity index is 793. The number of halogens is 3. The van der Waals surface area contributed by atoms with Crippen LogP contribution in [-0.2, 0) is 6.18 Å². The van der Waals surface area contributed by atoms with E-state index >= 15 is 0 Å². The fourth-order valence-corrected chi connectivity index (χ4v) is 2.20. The molecule has 21 heavy (non-hydrogen) atoms. The zero-order valence-corrected chi connectivity index (χ0v) is 10.9. The van der Waals surface area contributed by atoms with Gasteiger partial charge in [0.25, 0.3) is 0 Å². The summed E-state index contributed by atoms with van der Waals surface area (Å²) in [5.41, 5.74) is 6.37. The van der Waals surface area contributed by atoms with E-state index in [1.807, 2.05) is 30.3 Å². The van der Waals surface area contributed by atoms with Gasteiger partial charge in [0.1, 0.15) is 5.82 Å². The zero-order chi connectivity index (χ0) is 15.0. The first-order valence-electron chi connectivity index (χ1n) is 6.28. The van der Waals surface area contributed by atoms with Crippen molar-refractivity contribution in [3.8, 4) is 11.3 Å². The van der Waals surface area contributed by atoms with Gasteiger partial charge in [-0.15, -0.1) is 0 Å². The molecule has 2 nitrogen and oxygen atoms in total. The molecule has 0 saturated heterocycles. The number of hydrogen-bond acceptors (Lipinski definition) is 2. The molecule has 1 aromatic heterocycles. The van der Waals surface area contributed by atoms with Gasteiger partial charge in [0.2, 0.25) is 0 Å². The summed E-state index contributed by atoms with van der Waals surface area (Å²) in [4.78, 5) is 4.26. The summed E-state index contributed by atoms with van der Waals surface area (Å²) in [7, 11) is 0. The Morgan fingerprint density at radius 1 is 0.905 bits per heavy atom. The van der Waals surface area contributed by atoms with Crippen LogP contribution in [0.5, 0.6) is 0 Å². The van der Waals surface area contributed by atoms with Crippen molar-refractivity contribution in [3.63, 3.8) is 0 Å². The van der Waals surface area contributed by atoms with E-state index in [0.717, 1.165) is 22.9 Å². The van der Waals surface area contributed by atoms with Crippen molar-refractivity contribution in [1.82, 2.24) is 4.98 Å². The molecule has 0 aliphatic heterocycles. The maximum Gasteiger partial charge on any atom is 0.416 e. The number of anilines is 1. The van der Waals surface area contributed by atoms with E-state index in [1.165, 1.54) is 12.1 Å². The molecule has 0 aliphatic carbocycles. The van der Waals surface area contributed by atoms with Gasteiger partial charge in [-0.05, 0) is 23.6 Å². The van der Waals surface area contributed by atoms with Crippen LogP contribution < -0.4 is 5.73 Å². The number of nitrogens with two attached hydrogens (primary N) is 1. The summed E-state index contributed by atoms with van der Waals surface area (Å²) in [6, 6.07) is 14.2. The number of benzene rings is 2. The first-order chi connectivity index (χ1) is 9.95. The minimum Gasteiger partial charge on any atom is -0.383 e. The summed E-state index contributed by atoms with van der Waals surface area (Å²) in [5, 5.41) is 1.73. The van der Waals surface area contributed by atoms with E-state index in [-0.39, 0.29) is 0 Å². The monoisotopic (exact) mass is 288 g/mol. The summed E-state index contributed by atoms with van der Waals surface area (Å²) >= 11 is 0. The maximum atomic E-state index is 12.6. The van der Waals surface area contributed by atoms with E-state index in [0.29, 0.717) is 17.1 Å². The smallest absolute Gasteiger partial charge is 0.383 e. The van der Waals surface area contributed by atoms with E-state index in [1.54, 1.807) is 0 Å². The third kappa shape index (κ3) is 2.54. The molecule has 2 aromatic carbocycles. The molecule has 2 N–H and O–H groups in total. The van der Waals surface area contributed by atoms with E-state index in [2.05, 4.69) is 4.98 Å². The Morgan fingerprint density at radius 2 is 1.57 bits per heavy atom. The molecule has 0 radical (unpaired) electrons. The number of nitrogens with zero attached hydrogens (tertiary/aromatic N) is 1. The number of hydrogen-bond donors (Lipinski definition) is 1. The van der Waals surface area contributed by atoms with Crippen LogP contribution in [0.4, 0.5) is 19.0 Å². The molecule has 0 saturated carbocycles. The second-order valence-electron chi connectivity index (χ2n) is 4.69. The van der Waals surface area contributed by atoms with Gasteiger partial charge in [-0.3, -0.25) is 0 Å². The van der Waals surface area contributed by atoms with Crippen molar-refractivity contribution in [2.24, 2.45) is 0 Å². The molecular weight excluding hydrogens is 277 g/mol. The minimum absolute atomic E-state index is 0.364. The summed E-state index contributed by atoms with van der Waals surface area (Å²) < 4.78 is 37.7. The molecule has 0 amide bonds. The standard InChI is InChI=1S/C16H11F3N2/c17-16(18,19)12-7-5-10(6-8-12)14-9-11-3-1-2-4-13(11)15(20)21-14/h1-9H,(H2,20,21). The number of pyridine rings is 1. The second-order valence-corrected chi connectivity index (χ2v) is 4.69. The van der Waals surface area contributed by atoms with Crippen LogP contribution in [0, 0.1) is 0 Å². The number of fused-ring (bicyclic) bond motifs is 1. The van der Waals surface area contributed by atoms with Crippen molar-refractivity contribution in [3.05, 3.63) is 60.2 Å². The predicted molar refractivity (Wildman–Crippen MR) is 76.6 cm³/mol. The third-order valence-electron chi connectivity index (χ3n) is 3.28. The van der Waals surface area contributed by atoms with Gasteiger partial charge in [0, 0.05) is 10.9 Å². The number of nitrogen functional groups attached to an aromatic ring is 1. The number of alkyl halides is 3. The van der Waals surface area contributed by atoms with Crippen LogP contribution in [0.1, 0.15) is 5.56 Å². The normalized spacial score (nSPS) is 11.8. The fraction of sp³-hybridized carbons (Fsp3) is 0.0625. The fourth-order valence-electron chi connectivity index (χ4n) is 2.20. The molecule has 0 aliphatic rings. The van der Waals surface area contributed by atoms with Crippen LogP contribution >= 0.6 is 0 Å². The Kier molecular flexibility index (Phi) is 3.05. The Labute approximate surface area is 119 Å². The lowest BCUT2D eigenvalue weighted by atomic mass is 10.1. The Balaban J connectivity index is 2.08. The highest BCUT2D eigenvalue weighted by atomic mass is 19.4. The molecule has 0 atom stereocenters.